The van der Waals surface area contributed by atoms with Crippen molar-refractivity contribution < 1.29 is 18.7 Å². The van der Waals surface area contributed by atoms with Crippen LogP contribution in [0.3, 0.4) is 0 Å². The molecule has 1 unspecified atom stereocenters. The minimum absolute atomic E-state index is 0.0139. The van der Waals surface area contributed by atoms with E-state index in [0.717, 1.165) is 59.1 Å². The lowest BCUT2D eigenvalue weighted by Crippen LogP contribution is -2.52. The van der Waals surface area contributed by atoms with Crippen LogP contribution in [0.25, 0.3) is 11.8 Å². The second-order valence-electron chi connectivity index (χ2n) is 9.44. The molecule has 2 aromatic carbocycles. The first-order valence-corrected chi connectivity index (χ1v) is 12.2. The average molecular weight is 491 g/mol. The SMILES string of the molecule is COc1cc(/C=C2\CCCN3C2=NOC3(COC(C)C)c2ccc(F)cc2)ccc1-n1cnc(C)c1. The van der Waals surface area contributed by atoms with Gasteiger partial charge in [-0.2, -0.15) is 0 Å². The van der Waals surface area contributed by atoms with Crippen molar-refractivity contribution in [1.82, 2.24) is 14.5 Å². The number of rotatable bonds is 7. The number of aromatic nitrogens is 2. The van der Waals surface area contributed by atoms with E-state index in [4.69, 9.17) is 14.3 Å². The van der Waals surface area contributed by atoms with E-state index in [-0.39, 0.29) is 18.5 Å². The smallest absolute Gasteiger partial charge is 0.260 e. The summed E-state index contributed by atoms with van der Waals surface area (Å²) >= 11 is 0. The lowest BCUT2D eigenvalue weighted by Gasteiger charge is -2.40. The first-order valence-electron chi connectivity index (χ1n) is 12.2. The van der Waals surface area contributed by atoms with Crippen LogP contribution in [0.15, 0.2) is 65.7 Å². The molecule has 1 fully saturated rings. The Bertz CT molecular complexity index is 1300. The number of piperidine rings is 1. The van der Waals surface area contributed by atoms with Gasteiger partial charge in [-0.3, -0.25) is 0 Å². The van der Waals surface area contributed by atoms with Gasteiger partial charge in [0.15, 0.2) is 5.84 Å². The zero-order valence-corrected chi connectivity index (χ0v) is 21.1. The molecule has 0 saturated carbocycles. The number of fused-ring (bicyclic) bond motifs is 1. The van der Waals surface area contributed by atoms with Crippen molar-refractivity contribution in [3.63, 3.8) is 0 Å². The van der Waals surface area contributed by atoms with E-state index in [1.165, 1.54) is 12.1 Å². The van der Waals surface area contributed by atoms with Gasteiger partial charge in [-0.25, -0.2) is 9.37 Å². The number of methoxy groups -OCH3 is 1. The van der Waals surface area contributed by atoms with Gasteiger partial charge in [0, 0.05) is 18.3 Å². The molecule has 1 saturated heterocycles. The number of hydrogen-bond donors (Lipinski definition) is 0. The summed E-state index contributed by atoms with van der Waals surface area (Å²) in [5.41, 5.74) is 3.82. The molecular formula is C28H31FN4O3. The quantitative estimate of drug-likeness (QED) is 0.442. The lowest BCUT2D eigenvalue weighted by molar-refractivity contribution is -0.160. The Morgan fingerprint density at radius 2 is 2.00 bits per heavy atom. The predicted molar refractivity (Wildman–Crippen MR) is 136 cm³/mol. The summed E-state index contributed by atoms with van der Waals surface area (Å²) in [4.78, 5) is 12.6. The van der Waals surface area contributed by atoms with Crippen LogP contribution in [-0.2, 0) is 15.3 Å². The third-order valence-electron chi connectivity index (χ3n) is 6.53. The molecule has 0 amide bonds. The van der Waals surface area contributed by atoms with Crippen LogP contribution in [-0.4, -0.2) is 46.7 Å². The van der Waals surface area contributed by atoms with E-state index in [2.05, 4.69) is 27.2 Å². The number of oxime groups is 1. The normalized spacial score (nSPS) is 20.4. The molecule has 3 heterocycles. The average Bonchev–Trinajstić information content (AvgIpc) is 3.48. The topological polar surface area (TPSA) is 61.1 Å². The molecule has 7 nitrogen and oxygen atoms in total. The van der Waals surface area contributed by atoms with Crippen molar-refractivity contribution in [3.05, 3.63) is 83.2 Å². The Labute approximate surface area is 210 Å². The first kappa shape index (κ1) is 24.1. The van der Waals surface area contributed by atoms with Crippen molar-refractivity contribution >= 4 is 11.9 Å². The maximum absolute atomic E-state index is 13.7. The highest BCUT2D eigenvalue weighted by Crippen LogP contribution is 2.41. The molecule has 3 aromatic rings. The molecular weight excluding hydrogens is 459 g/mol. The van der Waals surface area contributed by atoms with E-state index in [9.17, 15) is 4.39 Å². The largest absolute Gasteiger partial charge is 0.495 e. The number of amidine groups is 1. The van der Waals surface area contributed by atoms with Crippen molar-refractivity contribution in [1.29, 1.82) is 0 Å². The second kappa shape index (κ2) is 9.78. The van der Waals surface area contributed by atoms with E-state index in [1.54, 1.807) is 25.6 Å². The molecule has 0 aliphatic carbocycles. The monoisotopic (exact) mass is 490 g/mol. The van der Waals surface area contributed by atoms with E-state index in [1.807, 2.05) is 43.7 Å². The lowest BCUT2D eigenvalue weighted by atomic mass is 9.94. The molecule has 1 atom stereocenters. The Morgan fingerprint density at radius 3 is 2.69 bits per heavy atom. The number of imidazole rings is 1. The Morgan fingerprint density at radius 1 is 1.19 bits per heavy atom. The number of benzene rings is 2. The van der Waals surface area contributed by atoms with Crippen molar-refractivity contribution in [3.8, 4) is 11.4 Å². The Balaban J connectivity index is 1.47. The zero-order chi connectivity index (χ0) is 25.3. The van der Waals surface area contributed by atoms with Gasteiger partial charge >= 0.3 is 0 Å². The molecule has 1 aromatic heterocycles. The van der Waals surface area contributed by atoms with Crippen LogP contribution in [0.1, 0.15) is 43.5 Å². The van der Waals surface area contributed by atoms with Crippen molar-refractivity contribution in [2.24, 2.45) is 5.16 Å². The predicted octanol–water partition coefficient (Wildman–Crippen LogP) is 5.43. The number of hydrogen-bond acceptors (Lipinski definition) is 6. The van der Waals surface area contributed by atoms with Crippen LogP contribution in [0.4, 0.5) is 4.39 Å². The first-order chi connectivity index (χ1) is 17.4. The fourth-order valence-electron chi connectivity index (χ4n) is 4.72. The number of ether oxygens (including phenoxy) is 2. The molecule has 8 heteroatoms. The minimum atomic E-state index is -0.937. The van der Waals surface area contributed by atoms with Crippen LogP contribution in [0, 0.1) is 12.7 Å². The summed E-state index contributed by atoms with van der Waals surface area (Å²) in [5.74, 6) is 1.25. The van der Waals surface area contributed by atoms with Gasteiger partial charge in [-0.15, -0.1) is 0 Å². The Hall–Kier alpha value is -3.65. The molecule has 36 heavy (non-hydrogen) atoms. The molecule has 2 aliphatic rings. The molecule has 0 radical (unpaired) electrons. The van der Waals surface area contributed by atoms with Crippen molar-refractivity contribution in [2.45, 2.75) is 45.4 Å². The molecule has 188 valence electrons. The summed E-state index contributed by atoms with van der Waals surface area (Å²) in [6, 6.07) is 12.5. The fourth-order valence-corrected chi connectivity index (χ4v) is 4.72. The number of nitrogens with zero attached hydrogens (tertiary/aromatic N) is 4. The summed E-state index contributed by atoms with van der Waals surface area (Å²) in [6.45, 7) is 6.97. The summed E-state index contributed by atoms with van der Waals surface area (Å²) in [5, 5.41) is 4.53. The van der Waals surface area contributed by atoms with E-state index < -0.39 is 5.72 Å². The zero-order valence-electron chi connectivity index (χ0n) is 21.1. The third kappa shape index (κ3) is 4.48. The van der Waals surface area contributed by atoms with E-state index >= 15 is 0 Å². The van der Waals surface area contributed by atoms with Gasteiger partial charge in [-0.05, 0) is 87.2 Å². The van der Waals surface area contributed by atoms with Gasteiger partial charge in [-0.1, -0.05) is 11.2 Å². The minimum Gasteiger partial charge on any atom is -0.495 e. The second-order valence-corrected chi connectivity index (χ2v) is 9.44. The van der Waals surface area contributed by atoms with Crippen LogP contribution >= 0.6 is 0 Å². The Kier molecular flexibility index (Phi) is 6.53. The maximum atomic E-state index is 13.7. The van der Waals surface area contributed by atoms with Gasteiger partial charge in [0.25, 0.3) is 5.72 Å². The summed E-state index contributed by atoms with van der Waals surface area (Å²) in [7, 11) is 1.67. The standard InChI is InChI=1S/C28H31FN4O3/c1-19(2)35-17-28(23-8-10-24(29)11-9-23)33-13-5-6-22(27(33)31-36-28)14-21-7-12-25(26(15-21)34-4)32-16-20(3)30-18-32/h7-12,14-16,18-19H,5-6,13,17H2,1-4H3/b22-14+. The fraction of sp³-hybridized carbons (Fsp3) is 0.357. The van der Waals surface area contributed by atoms with Crippen LogP contribution < -0.4 is 4.74 Å². The summed E-state index contributed by atoms with van der Waals surface area (Å²) in [6.07, 6.45) is 7.69. The molecule has 5 rings (SSSR count). The van der Waals surface area contributed by atoms with E-state index in [0.29, 0.717) is 0 Å². The number of halogens is 1. The van der Waals surface area contributed by atoms with Crippen molar-refractivity contribution in [2.75, 3.05) is 20.3 Å². The van der Waals surface area contributed by atoms with Gasteiger partial charge in [0.05, 0.1) is 30.9 Å². The highest BCUT2D eigenvalue weighted by atomic mass is 19.1. The summed E-state index contributed by atoms with van der Waals surface area (Å²) < 4.78 is 27.4. The molecule has 2 aliphatic heterocycles. The highest BCUT2D eigenvalue weighted by Gasteiger charge is 2.50. The molecule has 0 spiro atoms. The third-order valence-corrected chi connectivity index (χ3v) is 6.53. The highest BCUT2D eigenvalue weighted by molar-refractivity contribution is 6.03. The van der Waals surface area contributed by atoms with Gasteiger partial charge in [0.1, 0.15) is 18.2 Å². The maximum Gasteiger partial charge on any atom is 0.260 e. The van der Waals surface area contributed by atoms with Gasteiger partial charge in [0.2, 0.25) is 0 Å². The number of aryl methyl sites for hydroxylation is 1. The molecule has 0 N–H and O–H groups in total. The van der Waals surface area contributed by atoms with Gasteiger partial charge < -0.3 is 23.8 Å². The molecule has 0 bridgehead atoms. The van der Waals surface area contributed by atoms with Crippen LogP contribution in [0.2, 0.25) is 0 Å². The van der Waals surface area contributed by atoms with Crippen LogP contribution in [0.5, 0.6) is 5.75 Å².